The van der Waals surface area contributed by atoms with Crippen LogP contribution in [0.4, 0.5) is 0 Å². The number of aliphatic carboxylic acids is 1. The van der Waals surface area contributed by atoms with Gasteiger partial charge < -0.3 is 10.0 Å². The minimum absolute atomic E-state index is 0.0786. The van der Waals surface area contributed by atoms with Crippen LogP contribution in [0.15, 0.2) is 29.2 Å². The molecule has 2 N–H and O–H groups in total. The summed E-state index contributed by atoms with van der Waals surface area (Å²) >= 11 is 0. The van der Waals surface area contributed by atoms with Crippen LogP contribution in [0.25, 0.3) is 0 Å². The maximum atomic E-state index is 12.2. The molecule has 0 fully saturated rings. The Morgan fingerprint density at radius 1 is 1.23 bits per heavy atom. The molecule has 1 aromatic rings. The molecule has 122 valence electrons. The summed E-state index contributed by atoms with van der Waals surface area (Å²) in [7, 11) is -0.757. The molecule has 1 unspecified atom stereocenters. The fourth-order valence-electron chi connectivity index (χ4n) is 1.81. The third kappa shape index (κ3) is 4.54. The molecule has 0 saturated carbocycles. The van der Waals surface area contributed by atoms with Crippen LogP contribution in [0.5, 0.6) is 0 Å². The summed E-state index contributed by atoms with van der Waals surface area (Å²) in [6.07, 6.45) is 0.738. The lowest BCUT2D eigenvalue weighted by Crippen LogP contribution is -2.40. The Hall–Kier alpha value is -1.93. The summed E-state index contributed by atoms with van der Waals surface area (Å²) in [5.41, 5.74) is 0.354. The zero-order valence-corrected chi connectivity index (χ0v) is 13.6. The van der Waals surface area contributed by atoms with Gasteiger partial charge in [0.25, 0.3) is 5.91 Å². The van der Waals surface area contributed by atoms with Gasteiger partial charge in [-0.15, -0.1) is 0 Å². The molecule has 1 atom stereocenters. The normalized spacial score (nSPS) is 12.7. The highest BCUT2D eigenvalue weighted by molar-refractivity contribution is 7.89. The van der Waals surface area contributed by atoms with Crippen molar-refractivity contribution in [3.05, 3.63) is 29.8 Å². The van der Waals surface area contributed by atoms with Gasteiger partial charge in [-0.1, -0.05) is 13.3 Å². The summed E-state index contributed by atoms with van der Waals surface area (Å²) in [6, 6.07) is 4.19. The van der Waals surface area contributed by atoms with Gasteiger partial charge in [-0.2, -0.15) is 4.72 Å². The molecule has 0 saturated heterocycles. The Labute approximate surface area is 130 Å². The quantitative estimate of drug-likeness (QED) is 0.774. The van der Waals surface area contributed by atoms with Gasteiger partial charge in [0.1, 0.15) is 6.04 Å². The van der Waals surface area contributed by atoms with Gasteiger partial charge in [0.05, 0.1) is 4.90 Å². The monoisotopic (exact) mass is 328 g/mol. The van der Waals surface area contributed by atoms with E-state index in [9.17, 15) is 18.0 Å². The van der Waals surface area contributed by atoms with Crippen LogP contribution in [0, 0.1) is 0 Å². The van der Waals surface area contributed by atoms with Gasteiger partial charge in [-0.3, -0.25) is 9.59 Å². The number of benzene rings is 1. The van der Waals surface area contributed by atoms with E-state index in [4.69, 9.17) is 5.11 Å². The number of nitrogens with zero attached hydrogens (tertiary/aromatic N) is 1. The van der Waals surface area contributed by atoms with E-state index in [0.717, 1.165) is 0 Å². The third-order valence-electron chi connectivity index (χ3n) is 2.99. The van der Waals surface area contributed by atoms with Crippen molar-refractivity contribution in [3.8, 4) is 0 Å². The molecular weight excluding hydrogens is 308 g/mol. The number of carboxylic acids is 1. The minimum atomic E-state index is -3.95. The third-order valence-corrected chi connectivity index (χ3v) is 4.48. The van der Waals surface area contributed by atoms with Gasteiger partial charge in [-0.05, 0) is 30.7 Å². The van der Waals surface area contributed by atoms with Gasteiger partial charge in [0, 0.05) is 19.7 Å². The van der Waals surface area contributed by atoms with Crippen LogP contribution in [0.2, 0.25) is 0 Å². The second kappa shape index (κ2) is 7.37. The second-order valence-electron chi connectivity index (χ2n) is 5.02. The van der Waals surface area contributed by atoms with Crippen LogP contribution in [-0.2, 0) is 14.8 Å². The fourth-order valence-corrected chi connectivity index (χ4v) is 3.04. The first-order chi connectivity index (χ1) is 10.2. The van der Waals surface area contributed by atoms with Crippen LogP contribution in [-0.4, -0.2) is 50.4 Å². The van der Waals surface area contributed by atoms with Crippen molar-refractivity contribution in [3.63, 3.8) is 0 Å². The number of hydrogen-bond acceptors (Lipinski definition) is 4. The van der Waals surface area contributed by atoms with Crippen molar-refractivity contribution in [1.29, 1.82) is 0 Å². The molecule has 0 aliphatic rings. The van der Waals surface area contributed by atoms with Crippen LogP contribution >= 0.6 is 0 Å². The highest BCUT2D eigenvalue weighted by Gasteiger charge is 2.24. The lowest BCUT2D eigenvalue weighted by molar-refractivity contribution is -0.139. The average Bonchev–Trinajstić information content (AvgIpc) is 2.45. The Kier molecular flexibility index (Phi) is 6.07. The SMILES string of the molecule is CCCC(NS(=O)(=O)c1ccc(C(=O)N(C)C)cc1)C(=O)O. The van der Waals surface area contributed by atoms with Crippen molar-refractivity contribution < 1.29 is 23.1 Å². The van der Waals surface area contributed by atoms with Gasteiger partial charge in [-0.25, -0.2) is 8.42 Å². The largest absolute Gasteiger partial charge is 0.480 e. The number of carbonyl (C=O) groups is 2. The Morgan fingerprint density at radius 3 is 2.18 bits per heavy atom. The predicted molar refractivity (Wildman–Crippen MR) is 81.1 cm³/mol. The summed E-state index contributed by atoms with van der Waals surface area (Å²) < 4.78 is 26.5. The van der Waals surface area contributed by atoms with Crippen molar-refractivity contribution in [1.82, 2.24) is 9.62 Å². The Balaban J connectivity index is 2.98. The van der Waals surface area contributed by atoms with Crippen LogP contribution in [0.1, 0.15) is 30.1 Å². The van der Waals surface area contributed by atoms with E-state index in [2.05, 4.69) is 4.72 Å². The van der Waals surface area contributed by atoms with Crippen molar-refractivity contribution >= 4 is 21.9 Å². The number of hydrogen-bond donors (Lipinski definition) is 2. The Morgan fingerprint density at radius 2 is 1.77 bits per heavy atom. The van der Waals surface area contributed by atoms with Gasteiger partial charge >= 0.3 is 5.97 Å². The minimum Gasteiger partial charge on any atom is -0.480 e. The molecular formula is C14H20N2O5S. The Bertz CT molecular complexity index is 638. The van der Waals surface area contributed by atoms with Crippen molar-refractivity contribution in [2.45, 2.75) is 30.7 Å². The molecule has 0 aromatic heterocycles. The van der Waals surface area contributed by atoms with Gasteiger partial charge in [0.15, 0.2) is 0 Å². The highest BCUT2D eigenvalue weighted by Crippen LogP contribution is 2.13. The number of carboxylic acid groups (broad SMARTS) is 1. The van der Waals surface area contributed by atoms with E-state index in [1.807, 2.05) is 0 Å². The summed E-state index contributed by atoms with van der Waals surface area (Å²) in [4.78, 5) is 24.1. The predicted octanol–water partition coefficient (Wildman–Crippen LogP) is 0.920. The van der Waals surface area contributed by atoms with E-state index < -0.39 is 22.0 Å². The van der Waals surface area contributed by atoms with E-state index in [0.29, 0.717) is 12.0 Å². The summed E-state index contributed by atoms with van der Waals surface area (Å²) in [5.74, 6) is -1.46. The molecule has 0 aliphatic carbocycles. The van der Waals surface area contributed by atoms with Crippen molar-refractivity contribution in [2.24, 2.45) is 0 Å². The molecule has 1 amide bonds. The molecule has 0 bridgehead atoms. The topological polar surface area (TPSA) is 104 Å². The zero-order valence-electron chi connectivity index (χ0n) is 12.7. The van der Waals surface area contributed by atoms with Crippen LogP contribution in [0.3, 0.4) is 0 Å². The lowest BCUT2D eigenvalue weighted by atomic mass is 10.2. The second-order valence-corrected chi connectivity index (χ2v) is 6.74. The number of amides is 1. The molecule has 22 heavy (non-hydrogen) atoms. The fraction of sp³-hybridized carbons (Fsp3) is 0.429. The van der Waals surface area contributed by atoms with E-state index in [1.54, 1.807) is 21.0 Å². The maximum absolute atomic E-state index is 12.2. The summed E-state index contributed by atoms with van der Waals surface area (Å²) in [6.45, 7) is 1.77. The van der Waals surface area contributed by atoms with E-state index in [1.165, 1.54) is 29.2 Å². The molecule has 1 aromatic carbocycles. The number of nitrogens with one attached hydrogen (secondary N) is 1. The first-order valence-corrected chi connectivity index (χ1v) is 8.24. The molecule has 7 nitrogen and oxygen atoms in total. The molecule has 0 spiro atoms. The molecule has 0 aliphatic heterocycles. The van der Waals surface area contributed by atoms with Crippen molar-refractivity contribution in [2.75, 3.05) is 14.1 Å². The molecule has 0 heterocycles. The van der Waals surface area contributed by atoms with Gasteiger partial charge in [0.2, 0.25) is 10.0 Å². The molecule has 0 radical (unpaired) electrons. The first kappa shape index (κ1) is 18.1. The lowest BCUT2D eigenvalue weighted by Gasteiger charge is -2.14. The zero-order chi connectivity index (χ0) is 16.9. The number of rotatable bonds is 7. The van der Waals surface area contributed by atoms with E-state index >= 15 is 0 Å². The molecule has 1 rings (SSSR count). The summed E-state index contributed by atoms with van der Waals surface area (Å²) in [5, 5.41) is 9.02. The standard InChI is InChI=1S/C14H20N2O5S/c1-4-5-12(14(18)19)15-22(20,21)11-8-6-10(7-9-11)13(17)16(2)3/h6-9,12,15H,4-5H2,1-3H3,(H,18,19). The number of sulfonamides is 1. The maximum Gasteiger partial charge on any atom is 0.321 e. The highest BCUT2D eigenvalue weighted by atomic mass is 32.2. The smallest absolute Gasteiger partial charge is 0.321 e. The first-order valence-electron chi connectivity index (χ1n) is 6.76. The van der Waals surface area contributed by atoms with E-state index in [-0.39, 0.29) is 17.2 Å². The average molecular weight is 328 g/mol. The number of carbonyl (C=O) groups excluding carboxylic acids is 1. The molecule has 8 heteroatoms. The van der Waals surface area contributed by atoms with Crippen LogP contribution < -0.4 is 4.72 Å².